The van der Waals surface area contributed by atoms with Gasteiger partial charge in [-0.05, 0) is 28.7 Å². The molecule has 3 aromatic rings. The van der Waals surface area contributed by atoms with Gasteiger partial charge in [0.1, 0.15) is 0 Å². The highest BCUT2D eigenvalue weighted by molar-refractivity contribution is 14.1. The van der Waals surface area contributed by atoms with Crippen molar-refractivity contribution in [3.05, 3.63) is 66.1 Å². The maximum Gasteiger partial charge on any atom is 0.0813 e. The summed E-state index contributed by atoms with van der Waals surface area (Å²) in [5, 5.41) is 0.428. The van der Waals surface area contributed by atoms with Crippen molar-refractivity contribution < 1.29 is 0 Å². The van der Waals surface area contributed by atoms with Gasteiger partial charge in [0.25, 0.3) is 0 Å². The Kier molecular flexibility index (Phi) is 8.23. The lowest BCUT2D eigenvalue weighted by molar-refractivity contribution is 1.31. The maximum atomic E-state index is 6.46. The molecule has 0 N–H and O–H groups in total. The molecule has 0 aliphatic heterocycles. The third-order valence-corrected chi connectivity index (χ3v) is 8.92. The second-order valence-corrected chi connectivity index (χ2v) is 10.5. The van der Waals surface area contributed by atoms with E-state index in [9.17, 15) is 0 Å². The third kappa shape index (κ3) is 4.39. The summed E-state index contributed by atoms with van der Waals surface area (Å²) in [5.41, 5.74) is 1.27. The molecule has 0 saturated carbocycles. The Hall–Kier alpha value is 1.22. The topological polar surface area (TPSA) is 12.9 Å². The minimum Gasteiger partial charge on any atom is -0.254 e. The fraction of sp³-hybridized carbons (Fsp3) is 0. The number of nitrogens with zero attached hydrogens (tertiary/aromatic N) is 1. The summed E-state index contributed by atoms with van der Waals surface area (Å²) in [4.78, 5) is 4.45. The fourth-order valence-corrected chi connectivity index (χ4v) is 5.59. The number of hydrogen-bond acceptors (Lipinski definition) is 1. The minimum absolute atomic E-state index is 0.0211. The molecule has 12 heteroatoms. The number of rotatable bonds is 2. The van der Waals surface area contributed by atoms with Crippen molar-refractivity contribution in [3.8, 4) is 22.4 Å². The smallest absolute Gasteiger partial charge is 0.0813 e. The molecule has 0 spiro atoms. The van der Waals surface area contributed by atoms with Gasteiger partial charge in [-0.2, -0.15) is 0 Å². The van der Waals surface area contributed by atoms with E-state index >= 15 is 0 Å². The van der Waals surface area contributed by atoms with Crippen molar-refractivity contribution in [3.63, 3.8) is 0 Å². The number of halogens is 11. The molecule has 3 rings (SSSR count). The Morgan fingerprint density at radius 1 is 0.517 bits per heavy atom. The average Bonchev–Trinajstić information content (AvgIpc) is 2.69. The molecule has 1 aromatic heterocycles. The first-order valence-electron chi connectivity index (χ1n) is 7.18. The van der Waals surface area contributed by atoms with Crippen LogP contribution in [0.25, 0.3) is 22.4 Å². The fourth-order valence-electron chi connectivity index (χ4n) is 2.48. The molecule has 0 saturated heterocycles. The summed E-state index contributed by atoms with van der Waals surface area (Å²) in [6.07, 6.45) is 1.59. The molecule has 0 amide bonds. The zero-order valence-corrected chi connectivity index (χ0v) is 23.0. The van der Waals surface area contributed by atoms with Crippen LogP contribution in [0.3, 0.4) is 0 Å². The van der Waals surface area contributed by atoms with E-state index in [0.29, 0.717) is 16.8 Å². The standard InChI is InChI=1S/C17H2Cl10IN/c18-7-5(8(19)12(23)15(26)11(7)22)4-1-3(28)2-29-17(4)6-9(20)13(24)16(27)14(25)10(6)21/h1-2H. The lowest BCUT2D eigenvalue weighted by Gasteiger charge is -2.18. The largest absolute Gasteiger partial charge is 0.254 e. The van der Waals surface area contributed by atoms with Crippen molar-refractivity contribution >= 4 is 139 Å². The normalized spacial score (nSPS) is 11.3. The molecule has 0 bridgehead atoms. The molecular formula is C17H2Cl10IN. The zero-order valence-electron chi connectivity index (χ0n) is 13.3. The zero-order chi connectivity index (χ0) is 21.8. The van der Waals surface area contributed by atoms with Gasteiger partial charge < -0.3 is 0 Å². The Morgan fingerprint density at radius 2 is 0.862 bits per heavy atom. The Morgan fingerprint density at radius 3 is 1.28 bits per heavy atom. The van der Waals surface area contributed by atoms with Gasteiger partial charge in [0, 0.05) is 26.5 Å². The monoisotopic (exact) mass is 697 g/mol. The van der Waals surface area contributed by atoms with Crippen LogP contribution in [-0.4, -0.2) is 4.98 Å². The van der Waals surface area contributed by atoms with Crippen molar-refractivity contribution in [1.82, 2.24) is 4.98 Å². The summed E-state index contributed by atoms with van der Waals surface area (Å²) in [6, 6.07) is 1.75. The molecular weight excluding hydrogens is 700 g/mol. The van der Waals surface area contributed by atoms with E-state index in [1.165, 1.54) is 0 Å². The van der Waals surface area contributed by atoms with Crippen LogP contribution in [0.1, 0.15) is 0 Å². The summed E-state index contributed by atoms with van der Waals surface area (Å²) < 4.78 is 0.758. The maximum absolute atomic E-state index is 6.46. The van der Waals surface area contributed by atoms with Crippen LogP contribution in [0.5, 0.6) is 0 Å². The van der Waals surface area contributed by atoms with E-state index in [1.54, 1.807) is 12.3 Å². The number of benzene rings is 2. The summed E-state index contributed by atoms with van der Waals surface area (Å²) in [6.45, 7) is 0. The van der Waals surface area contributed by atoms with Crippen molar-refractivity contribution in [2.75, 3.05) is 0 Å². The first kappa shape index (κ1) is 24.9. The van der Waals surface area contributed by atoms with Gasteiger partial charge in [0.2, 0.25) is 0 Å². The van der Waals surface area contributed by atoms with Crippen LogP contribution in [0.15, 0.2) is 12.3 Å². The Bertz CT molecular complexity index is 1120. The van der Waals surface area contributed by atoms with Crippen molar-refractivity contribution in [2.24, 2.45) is 0 Å². The van der Waals surface area contributed by atoms with Crippen LogP contribution < -0.4 is 0 Å². The SMILES string of the molecule is Clc1c(Cl)c(Cl)c(-c2cc(I)cnc2-c2c(Cl)c(Cl)c(Cl)c(Cl)c2Cl)c(Cl)c1Cl. The number of aromatic nitrogens is 1. The molecule has 0 aliphatic carbocycles. The summed E-state index contributed by atoms with van der Waals surface area (Å²) >= 11 is 65.0. The Labute approximate surface area is 229 Å². The third-order valence-electron chi connectivity index (χ3n) is 3.78. The van der Waals surface area contributed by atoms with Crippen LogP contribution in [0.4, 0.5) is 0 Å². The van der Waals surface area contributed by atoms with E-state index < -0.39 is 0 Å². The molecule has 1 heterocycles. The molecule has 1 nitrogen and oxygen atoms in total. The van der Waals surface area contributed by atoms with Gasteiger partial charge in [-0.25, -0.2) is 0 Å². The summed E-state index contributed by atoms with van der Waals surface area (Å²) in [5.74, 6) is 0. The van der Waals surface area contributed by atoms with E-state index in [-0.39, 0.29) is 55.8 Å². The van der Waals surface area contributed by atoms with Gasteiger partial charge in [0.05, 0.1) is 55.9 Å². The Balaban J connectivity index is 2.50. The molecule has 0 fully saturated rings. The predicted molar refractivity (Wildman–Crippen MR) is 138 cm³/mol. The van der Waals surface area contributed by atoms with Gasteiger partial charge >= 0.3 is 0 Å². The van der Waals surface area contributed by atoms with Gasteiger partial charge in [0.15, 0.2) is 0 Å². The first-order valence-corrected chi connectivity index (χ1v) is 12.0. The molecule has 0 radical (unpaired) electrons. The van der Waals surface area contributed by atoms with E-state index in [1.807, 2.05) is 0 Å². The minimum atomic E-state index is 0.0211. The highest BCUT2D eigenvalue weighted by Crippen LogP contribution is 2.53. The molecule has 0 unspecified atom stereocenters. The molecule has 29 heavy (non-hydrogen) atoms. The quantitative estimate of drug-likeness (QED) is 0.147. The van der Waals surface area contributed by atoms with Crippen LogP contribution in [0, 0.1) is 3.57 Å². The lowest BCUT2D eigenvalue weighted by atomic mass is 9.99. The van der Waals surface area contributed by atoms with E-state index in [4.69, 9.17) is 116 Å². The number of hydrogen-bond donors (Lipinski definition) is 0. The van der Waals surface area contributed by atoms with Crippen molar-refractivity contribution in [2.45, 2.75) is 0 Å². The summed E-state index contributed by atoms with van der Waals surface area (Å²) in [7, 11) is 0. The highest BCUT2D eigenvalue weighted by Gasteiger charge is 2.27. The molecule has 152 valence electrons. The molecule has 0 aliphatic rings. The second kappa shape index (κ2) is 9.61. The molecule has 0 atom stereocenters. The van der Waals surface area contributed by atoms with Gasteiger partial charge in [-0.15, -0.1) is 0 Å². The van der Waals surface area contributed by atoms with Gasteiger partial charge in [-0.3, -0.25) is 4.98 Å². The van der Waals surface area contributed by atoms with Crippen molar-refractivity contribution in [1.29, 1.82) is 0 Å². The average molecular weight is 702 g/mol. The van der Waals surface area contributed by atoms with Crippen LogP contribution in [-0.2, 0) is 0 Å². The van der Waals surface area contributed by atoms with Gasteiger partial charge in [-0.1, -0.05) is 116 Å². The predicted octanol–water partition coefficient (Wildman–Crippen LogP) is 11.6. The van der Waals surface area contributed by atoms with Crippen LogP contribution in [0.2, 0.25) is 50.2 Å². The van der Waals surface area contributed by atoms with Crippen LogP contribution >= 0.6 is 139 Å². The molecule has 2 aromatic carbocycles. The van der Waals surface area contributed by atoms with E-state index in [0.717, 1.165) is 3.57 Å². The number of pyridine rings is 1. The highest BCUT2D eigenvalue weighted by atomic mass is 127. The first-order chi connectivity index (χ1) is 13.5. The second-order valence-electron chi connectivity index (χ2n) is 5.44. The lowest BCUT2D eigenvalue weighted by Crippen LogP contribution is -1.96. The van der Waals surface area contributed by atoms with E-state index in [2.05, 4.69) is 27.6 Å².